The van der Waals surface area contributed by atoms with Crippen LogP contribution in [0.25, 0.3) is 11.3 Å². The lowest BCUT2D eigenvalue weighted by atomic mass is 9.88. The zero-order chi connectivity index (χ0) is 48.1. The van der Waals surface area contributed by atoms with Crippen molar-refractivity contribution in [3.63, 3.8) is 0 Å². The number of nitrogens with zero attached hydrogens (tertiary/aromatic N) is 5. The van der Waals surface area contributed by atoms with Gasteiger partial charge in [-0.1, -0.05) is 36.6 Å². The van der Waals surface area contributed by atoms with E-state index in [9.17, 15) is 49.5 Å². The summed E-state index contributed by atoms with van der Waals surface area (Å²) in [6.45, 7) is 2.67. The smallest absolute Gasteiger partial charge is 0.433 e. The number of benzene rings is 3. The lowest BCUT2D eigenvalue weighted by Crippen LogP contribution is -2.62. The van der Waals surface area contributed by atoms with Crippen LogP contribution in [-0.2, 0) is 43.3 Å². The predicted molar refractivity (Wildman–Crippen MR) is 217 cm³/mol. The van der Waals surface area contributed by atoms with Gasteiger partial charge in [0.1, 0.15) is 30.0 Å². The Kier molecular flexibility index (Phi) is 15.6. The van der Waals surface area contributed by atoms with E-state index in [1.54, 1.807) is 26.3 Å². The molecule has 4 aromatic rings. The zero-order valence-corrected chi connectivity index (χ0v) is 36.0. The highest BCUT2D eigenvalue weighted by atomic mass is 32.2. The van der Waals surface area contributed by atoms with E-state index >= 15 is 8.78 Å². The first kappa shape index (κ1) is 50.3. The fourth-order valence-electron chi connectivity index (χ4n) is 7.12. The number of hydrogen-bond acceptors (Lipinski definition) is 11. The second kappa shape index (κ2) is 20.2. The van der Waals surface area contributed by atoms with E-state index < -0.39 is 97.5 Å². The number of hydrazine groups is 1. The summed E-state index contributed by atoms with van der Waals surface area (Å²) >= 11 is 0. The van der Waals surface area contributed by atoms with Crippen LogP contribution < -0.4 is 10.1 Å². The van der Waals surface area contributed by atoms with Crippen LogP contribution in [0, 0.1) is 18.6 Å². The first-order valence-electron chi connectivity index (χ1n) is 19.6. The highest BCUT2D eigenvalue weighted by Gasteiger charge is 2.53. The van der Waals surface area contributed by atoms with Crippen molar-refractivity contribution < 1.29 is 72.3 Å². The number of nitrogens with one attached hydrogen (secondary N) is 1. The van der Waals surface area contributed by atoms with Gasteiger partial charge in [-0.15, -0.1) is 0 Å². The molecular weight excluding hydrogens is 901 g/mol. The minimum Gasteiger partial charge on any atom is -0.509 e. The molecule has 1 saturated carbocycles. The molecular formula is C42H44F8N6O8S. The molecule has 2 amide bonds. The first-order valence-corrected chi connectivity index (χ1v) is 21.1. The van der Waals surface area contributed by atoms with Gasteiger partial charge in [0.2, 0.25) is 5.82 Å². The van der Waals surface area contributed by atoms with Crippen LogP contribution in [0.3, 0.4) is 0 Å². The average Bonchev–Trinajstić information content (AvgIpc) is 3.74. The van der Waals surface area contributed by atoms with Crippen molar-refractivity contribution in [3.8, 4) is 17.0 Å². The monoisotopic (exact) mass is 944 g/mol. The van der Waals surface area contributed by atoms with Crippen LogP contribution in [0.1, 0.15) is 48.1 Å². The fraction of sp³-hybridized carbons (Fsp3) is 0.381. The maximum absolute atomic E-state index is 15.5. The summed E-state index contributed by atoms with van der Waals surface area (Å²) in [4.78, 5) is 36.5. The SMILES string of the molecule is COCCN(C)CCOc1ccc(CN2C(=O)C(C(=O)Nc3ccc(C(F)(F)F)cc3-c3cc(C(F)(F)F)ncn3)=C(O)C3(CCCC3)N2C)c(F)c1F.Cc1ccc(S(=O)(=O)O)cc1. The molecule has 3 aromatic carbocycles. The van der Waals surface area contributed by atoms with Gasteiger partial charge in [0.15, 0.2) is 11.6 Å². The van der Waals surface area contributed by atoms with E-state index in [0.717, 1.165) is 16.6 Å². The molecule has 14 nitrogen and oxygen atoms in total. The number of carbonyl (C=O) groups excluding carboxylic acids is 2. The topological polar surface area (TPSA) is 175 Å². The van der Waals surface area contributed by atoms with Crippen molar-refractivity contribution in [1.29, 1.82) is 0 Å². The Morgan fingerprint density at radius 1 is 0.923 bits per heavy atom. The number of aliphatic hydroxyl groups excluding tert-OH is 1. The van der Waals surface area contributed by atoms with E-state index in [2.05, 4.69) is 15.3 Å². The molecule has 1 aliphatic heterocycles. The van der Waals surface area contributed by atoms with Crippen molar-refractivity contribution in [2.75, 3.05) is 52.8 Å². The fourth-order valence-corrected chi connectivity index (χ4v) is 7.60. The molecule has 23 heteroatoms. The molecule has 0 atom stereocenters. The molecule has 6 rings (SSSR count). The molecule has 1 aliphatic carbocycles. The van der Waals surface area contributed by atoms with Crippen molar-refractivity contribution in [1.82, 2.24) is 24.9 Å². The van der Waals surface area contributed by atoms with Gasteiger partial charge in [0.05, 0.1) is 40.5 Å². The Hall–Kier alpha value is -5.75. The van der Waals surface area contributed by atoms with Crippen LogP contribution in [0.2, 0.25) is 0 Å². The number of hydrogen-bond donors (Lipinski definition) is 3. The molecule has 3 N–H and O–H groups in total. The Labute approximate surface area is 368 Å². The van der Waals surface area contributed by atoms with Crippen molar-refractivity contribution in [2.45, 2.75) is 61.9 Å². The molecule has 1 aromatic heterocycles. The van der Waals surface area contributed by atoms with E-state index in [1.807, 2.05) is 11.8 Å². The van der Waals surface area contributed by atoms with Crippen molar-refractivity contribution in [3.05, 3.63) is 112 Å². The summed E-state index contributed by atoms with van der Waals surface area (Å²) in [7, 11) is 0.749. The largest absolute Gasteiger partial charge is 0.509 e. The van der Waals surface area contributed by atoms with E-state index in [0.29, 0.717) is 57.1 Å². The predicted octanol–water partition coefficient (Wildman–Crippen LogP) is 7.61. The number of halogens is 8. The van der Waals surface area contributed by atoms with Gasteiger partial charge in [-0.25, -0.2) is 19.4 Å². The second-order valence-electron chi connectivity index (χ2n) is 15.1. The number of anilines is 1. The van der Waals surface area contributed by atoms with Crippen molar-refractivity contribution >= 4 is 27.6 Å². The van der Waals surface area contributed by atoms with E-state index in [1.165, 1.54) is 36.3 Å². The lowest BCUT2D eigenvalue weighted by molar-refractivity contribution is -0.163. The molecule has 0 unspecified atom stereocenters. The van der Waals surface area contributed by atoms with Gasteiger partial charge in [-0.3, -0.25) is 19.2 Å². The Balaban J connectivity index is 0.000000630. The maximum Gasteiger partial charge on any atom is 0.433 e. The highest BCUT2D eigenvalue weighted by Crippen LogP contribution is 2.45. The number of methoxy groups -OCH3 is 1. The van der Waals surface area contributed by atoms with Gasteiger partial charge in [-0.2, -0.15) is 39.2 Å². The number of rotatable bonds is 13. The number of likely N-dealkylation sites (N-methyl/N-ethyl adjacent to an activating group) is 2. The van der Waals surface area contributed by atoms with Crippen LogP contribution in [-0.4, -0.2) is 108 Å². The Morgan fingerprint density at radius 2 is 1.57 bits per heavy atom. The average molecular weight is 945 g/mol. The summed E-state index contributed by atoms with van der Waals surface area (Å²) in [5, 5.41) is 16.1. The summed E-state index contributed by atoms with van der Waals surface area (Å²) < 4.78 is 152. The molecule has 65 heavy (non-hydrogen) atoms. The summed E-state index contributed by atoms with van der Waals surface area (Å²) in [6.07, 6.45) is -7.91. The summed E-state index contributed by atoms with van der Waals surface area (Å²) in [6, 6.07) is 10.6. The van der Waals surface area contributed by atoms with Gasteiger partial charge in [0.25, 0.3) is 21.9 Å². The van der Waals surface area contributed by atoms with Gasteiger partial charge < -0.3 is 24.8 Å². The molecule has 352 valence electrons. The highest BCUT2D eigenvalue weighted by molar-refractivity contribution is 7.85. The van der Waals surface area contributed by atoms with Crippen LogP contribution >= 0.6 is 0 Å². The molecule has 2 heterocycles. The third kappa shape index (κ3) is 11.7. The summed E-state index contributed by atoms with van der Waals surface area (Å²) in [5.41, 5.74) is -6.02. The lowest BCUT2D eigenvalue weighted by Gasteiger charge is -2.48. The molecule has 0 bridgehead atoms. The second-order valence-corrected chi connectivity index (χ2v) is 16.6. The minimum atomic E-state index is -4.99. The third-order valence-corrected chi connectivity index (χ3v) is 11.6. The molecule has 0 radical (unpaired) electrons. The molecule has 2 aliphatic rings. The normalized spacial score (nSPS) is 15.7. The Morgan fingerprint density at radius 3 is 2.17 bits per heavy atom. The Bertz CT molecular complexity index is 2520. The first-order chi connectivity index (χ1) is 30.4. The number of aryl methyl sites for hydroxylation is 1. The number of amides is 2. The number of carbonyl (C=O) groups is 2. The molecule has 1 fully saturated rings. The van der Waals surface area contributed by atoms with Gasteiger partial charge >= 0.3 is 12.4 Å². The minimum absolute atomic E-state index is 0.0235. The van der Waals surface area contributed by atoms with Gasteiger partial charge in [-0.05, 0) is 69.3 Å². The standard InChI is InChI=1S/C35H36F8N6O5.C7H8O3S/c1-47(12-14-53-3)13-15-54-25-9-6-20(28(36)29(25)37)18-49-32(52)27(30(50)33(48(49)2)10-4-5-11-33)31(51)46-23-8-7-21(34(38,39)40)16-22(23)24-17-26(35(41,42)43)45-19-44-24;1-6-2-4-7(5-3-6)11(8,9)10/h6-9,16-17,19,50H,4-5,10-15,18H2,1-3H3,(H,46,51);2-5H,1H3,(H,8,9,10). The number of ether oxygens (including phenoxy) is 2. The van der Waals surface area contributed by atoms with Crippen LogP contribution in [0.4, 0.5) is 40.8 Å². The van der Waals surface area contributed by atoms with E-state index in [-0.39, 0.29) is 35.7 Å². The molecule has 0 saturated heterocycles. The van der Waals surface area contributed by atoms with Crippen molar-refractivity contribution in [2.24, 2.45) is 0 Å². The zero-order valence-electron chi connectivity index (χ0n) is 35.2. The third-order valence-electron chi connectivity index (χ3n) is 10.8. The van der Waals surface area contributed by atoms with Crippen LogP contribution in [0.15, 0.2) is 83.2 Å². The van der Waals surface area contributed by atoms with E-state index in [4.69, 9.17) is 14.0 Å². The van der Waals surface area contributed by atoms with Crippen LogP contribution in [0.5, 0.6) is 5.75 Å². The number of aromatic nitrogens is 2. The van der Waals surface area contributed by atoms with Gasteiger partial charge in [0, 0.05) is 38.4 Å². The summed E-state index contributed by atoms with van der Waals surface area (Å²) in [5.74, 6) is -6.18. The number of alkyl halides is 6. The number of aliphatic hydroxyl groups is 1. The molecule has 1 spiro atoms. The maximum atomic E-state index is 15.5. The quantitative estimate of drug-likeness (QED) is 0.0681.